The van der Waals surface area contributed by atoms with Crippen LogP contribution >= 0.6 is 11.3 Å². The Morgan fingerprint density at radius 2 is 1.96 bits per heavy atom. The van der Waals surface area contributed by atoms with Gasteiger partial charge in [-0.05, 0) is 63.2 Å². The molecule has 2 aromatic heterocycles. The van der Waals surface area contributed by atoms with Gasteiger partial charge in [0.25, 0.3) is 0 Å². The number of rotatable bonds is 7. The van der Waals surface area contributed by atoms with Crippen LogP contribution in [0.3, 0.4) is 0 Å². The van der Waals surface area contributed by atoms with Crippen LogP contribution in [0.4, 0.5) is 5.82 Å². The Morgan fingerprint density at radius 3 is 2.68 bits per heavy atom. The number of fused-ring (bicyclic) bond motifs is 1. The number of benzene rings is 1. The van der Waals surface area contributed by atoms with Crippen molar-refractivity contribution < 1.29 is 5.11 Å². The van der Waals surface area contributed by atoms with Gasteiger partial charge >= 0.3 is 0 Å². The second-order valence-corrected chi connectivity index (χ2v) is 8.00. The summed E-state index contributed by atoms with van der Waals surface area (Å²) in [7, 11) is 0. The van der Waals surface area contributed by atoms with Crippen LogP contribution in [0.1, 0.15) is 42.3 Å². The molecule has 2 heterocycles. The zero-order chi connectivity index (χ0) is 20.3. The van der Waals surface area contributed by atoms with Crippen LogP contribution in [-0.2, 0) is 6.54 Å². The van der Waals surface area contributed by atoms with Gasteiger partial charge in [-0.3, -0.25) is 10.3 Å². The van der Waals surface area contributed by atoms with Gasteiger partial charge in [-0.1, -0.05) is 13.8 Å². The van der Waals surface area contributed by atoms with E-state index in [1.165, 1.54) is 10.4 Å². The monoisotopic (exact) mass is 397 g/mol. The van der Waals surface area contributed by atoms with Crippen LogP contribution < -0.4 is 5.43 Å². The third-order valence-electron chi connectivity index (χ3n) is 5.08. The summed E-state index contributed by atoms with van der Waals surface area (Å²) in [5.74, 6) is 1.03. The maximum atomic E-state index is 10.2. The van der Waals surface area contributed by atoms with Crippen molar-refractivity contribution in [2.24, 2.45) is 5.10 Å². The van der Waals surface area contributed by atoms with E-state index in [0.29, 0.717) is 18.1 Å². The molecular weight excluding hydrogens is 370 g/mol. The van der Waals surface area contributed by atoms with Crippen LogP contribution in [0.25, 0.3) is 10.2 Å². The molecular formula is C21H27N5OS. The Morgan fingerprint density at radius 1 is 1.21 bits per heavy atom. The van der Waals surface area contributed by atoms with Gasteiger partial charge in [-0.15, -0.1) is 11.3 Å². The summed E-state index contributed by atoms with van der Waals surface area (Å²) in [5.41, 5.74) is 7.00. The Hall–Kier alpha value is -2.51. The molecule has 148 valence electrons. The van der Waals surface area contributed by atoms with Gasteiger partial charge in [0.15, 0.2) is 5.82 Å². The topological polar surface area (TPSA) is 73.6 Å². The van der Waals surface area contributed by atoms with Crippen LogP contribution in [-0.4, -0.2) is 38.8 Å². The van der Waals surface area contributed by atoms with E-state index in [0.717, 1.165) is 40.1 Å². The molecule has 1 aromatic carbocycles. The number of nitrogens with zero attached hydrogens (tertiary/aromatic N) is 4. The lowest BCUT2D eigenvalue weighted by molar-refractivity contribution is 0.291. The third-order valence-corrected chi connectivity index (χ3v) is 6.20. The summed E-state index contributed by atoms with van der Waals surface area (Å²) < 4.78 is 0. The Labute approximate surface area is 170 Å². The van der Waals surface area contributed by atoms with E-state index in [-0.39, 0.29) is 0 Å². The molecule has 0 bridgehead atoms. The molecule has 28 heavy (non-hydrogen) atoms. The Kier molecular flexibility index (Phi) is 6.26. The summed E-state index contributed by atoms with van der Waals surface area (Å²) in [6.07, 6.45) is 1.56. The SMILES string of the molecule is CCN(CC)Cc1cc(/C(C)=N/Nc2ncnc3sc(C)c(C)c23)ccc1O. The van der Waals surface area contributed by atoms with Gasteiger partial charge in [0.2, 0.25) is 0 Å². The first-order valence-electron chi connectivity index (χ1n) is 9.50. The third kappa shape index (κ3) is 4.15. The fourth-order valence-electron chi connectivity index (χ4n) is 3.09. The van der Waals surface area contributed by atoms with Gasteiger partial charge in [0.1, 0.15) is 16.9 Å². The Balaban J connectivity index is 1.86. The zero-order valence-corrected chi connectivity index (χ0v) is 17.9. The van der Waals surface area contributed by atoms with Gasteiger partial charge < -0.3 is 5.11 Å². The first kappa shape index (κ1) is 20.2. The van der Waals surface area contributed by atoms with Gasteiger partial charge in [0.05, 0.1) is 11.1 Å². The highest BCUT2D eigenvalue weighted by Crippen LogP contribution is 2.32. The normalized spacial score (nSPS) is 12.1. The first-order chi connectivity index (χ1) is 13.4. The molecule has 3 aromatic rings. The number of aromatic nitrogens is 2. The molecule has 0 saturated heterocycles. The van der Waals surface area contributed by atoms with Crippen molar-refractivity contribution in [2.75, 3.05) is 18.5 Å². The van der Waals surface area contributed by atoms with Crippen LogP contribution in [0.5, 0.6) is 5.75 Å². The molecule has 3 rings (SSSR count). The highest BCUT2D eigenvalue weighted by molar-refractivity contribution is 7.18. The van der Waals surface area contributed by atoms with E-state index >= 15 is 0 Å². The van der Waals surface area contributed by atoms with Crippen LogP contribution in [0, 0.1) is 13.8 Å². The van der Waals surface area contributed by atoms with E-state index in [9.17, 15) is 5.11 Å². The average molecular weight is 398 g/mol. The highest BCUT2D eigenvalue weighted by atomic mass is 32.1. The number of aryl methyl sites for hydroxylation is 2. The largest absolute Gasteiger partial charge is 0.508 e. The molecule has 7 heteroatoms. The summed E-state index contributed by atoms with van der Waals surface area (Å²) in [4.78, 5) is 13.2. The number of hydrazone groups is 1. The van der Waals surface area contributed by atoms with E-state index in [2.05, 4.69) is 53.1 Å². The number of hydrogen-bond acceptors (Lipinski definition) is 7. The van der Waals surface area contributed by atoms with Crippen molar-refractivity contribution in [1.82, 2.24) is 14.9 Å². The maximum absolute atomic E-state index is 10.2. The van der Waals surface area contributed by atoms with Gasteiger partial charge in [0, 0.05) is 17.0 Å². The fourth-order valence-corrected chi connectivity index (χ4v) is 4.09. The standard InChI is InChI=1S/C21H27N5OS/c1-6-26(7-2)11-17-10-16(8-9-18(17)27)14(4)24-25-20-19-13(3)15(5)28-21(19)23-12-22-20/h8-10,12,27H,6-7,11H2,1-5H3,(H,22,23,25)/b24-14+. The van der Waals surface area contributed by atoms with E-state index in [1.54, 1.807) is 23.7 Å². The van der Waals surface area contributed by atoms with Crippen LogP contribution in [0.2, 0.25) is 0 Å². The molecule has 0 aliphatic rings. The van der Waals surface area contributed by atoms with E-state index < -0.39 is 0 Å². The molecule has 0 saturated carbocycles. The predicted octanol–water partition coefficient (Wildman–Crippen LogP) is 4.69. The molecule has 6 nitrogen and oxygen atoms in total. The van der Waals surface area contributed by atoms with Crippen molar-refractivity contribution in [1.29, 1.82) is 0 Å². The first-order valence-corrected chi connectivity index (χ1v) is 10.3. The van der Waals surface area contributed by atoms with Crippen LogP contribution in [0.15, 0.2) is 29.6 Å². The molecule has 0 radical (unpaired) electrons. The number of hydrogen-bond donors (Lipinski definition) is 2. The molecule has 0 aliphatic heterocycles. The molecule has 0 atom stereocenters. The van der Waals surface area contributed by atoms with Crippen molar-refractivity contribution >= 4 is 33.1 Å². The van der Waals surface area contributed by atoms with Crippen molar-refractivity contribution in [3.8, 4) is 5.75 Å². The number of anilines is 1. The number of phenols is 1. The zero-order valence-electron chi connectivity index (χ0n) is 17.1. The highest BCUT2D eigenvalue weighted by Gasteiger charge is 2.12. The summed E-state index contributed by atoms with van der Waals surface area (Å²) in [5, 5.41) is 15.8. The van der Waals surface area contributed by atoms with Gasteiger partial charge in [-0.25, -0.2) is 9.97 Å². The molecule has 0 aliphatic carbocycles. The van der Waals surface area contributed by atoms with Crippen molar-refractivity contribution in [2.45, 2.75) is 41.2 Å². The maximum Gasteiger partial charge on any atom is 0.158 e. The summed E-state index contributed by atoms with van der Waals surface area (Å²) in [6.45, 7) is 13.0. The number of thiophene rings is 1. The van der Waals surface area contributed by atoms with E-state index in [4.69, 9.17) is 0 Å². The summed E-state index contributed by atoms with van der Waals surface area (Å²) in [6, 6.07) is 5.63. The Bertz CT molecular complexity index is 1010. The minimum atomic E-state index is 0.318. The second-order valence-electron chi connectivity index (χ2n) is 6.80. The lowest BCUT2D eigenvalue weighted by atomic mass is 10.1. The predicted molar refractivity (Wildman–Crippen MR) is 117 cm³/mol. The number of nitrogens with one attached hydrogen (secondary N) is 1. The molecule has 2 N–H and O–H groups in total. The smallest absolute Gasteiger partial charge is 0.158 e. The molecule has 0 amide bonds. The second kappa shape index (κ2) is 8.67. The molecule has 0 spiro atoms. The minimum absolute atomic E-state index is 0.318. The minimum Gasteiger partial charge on any atom is -0.508 e. The molecule has 0 fully saturated rings. The number of aromatic hydroxyl groups is 1. The quantitative estimate of drug-likeness (QED) is 0.447. The summed E-state index contributed by atoms with van der Waals surface area (Å²) >= 11 is 1.66. The average Bonchev–Trinajstić information content (AvgIpc) is 2.99. The molecule has 0 unspecified atom stereocenters. The van der Waals surface area contributed by atoms with Crippen molar-refractivity contribution in [3.63, 3.8) is 0 Å². The van der Waals surface area contributed by atoms with Gasteiger partial charge in [-0.2, -0.15) is 5.10 Å². The number of phenolic OH excluding ortho intramolecular Hbond substituents is 1. The van der Waals surface area contributed by atoms with Crippen molar-refractivity contribution in [3.05, 3.63) is 46.1 Å². The van der Waals surface area contributed by atoms with E-state index in [1.807, 2.05) is 19.1 Å². The lowest BCUT2D eigenvalue weighted by Crippen LogP contribution is -2.22. The lowest BCUT2D eigenvalue weighted by Gasteiger charge is -2.19. The fraction of sp³-hybridized carbons (Fsp3) is 0.381.